The van der Waals surface area contributed by atoms with Crippen LogP contribution < -0.4 is 0 Å². The third kappa shape index (κ3) is 2.77. The first-order chi connectivity index (χ1) is 9.65. The number of fused-ring (bicyclic) bond motifs is 1. The first-order valence-electron chi connectivity index (χ1n) is 5.83. The fourth-order valence-electron chi connectivity index (χ4n) is 1.87. The molecule has 2 aromatic carbocycles. The number of benzene rings is 2. The molecule has 1 N–H and O–H groups in total. The second-order valence-corrected chi connectivity index (χ2v) is 6.43. The molecule has 0 unspecified atom stereocenters. The summed E-state index contributed by atoms with van der Waals surface area (Å²) in [7, 11) is 0. The number of imidazole rings is 1. The van der Waals surface area contributed by atoms with Crippen LogP contribution in [-0.2, 0) is 5.75 Å². The molecule has 20 heavy (non-hydrogen) atoms. The van der Waals surface area contributed by atoms with Crippen molar-refractivity contribution in [3.05, 3.63) is 57.3 Å². The van der Waals surface area contributed by atoms with Crippen LogP contribution in [0.3, 0.4) is 0 Å². The Bertz CT molecular complexity index is 750. The van der Waals surface area contributed by atoms with E-state index in [4.69, 9.17) is 34.8 Å². The van der Waals surface area contributed by atoms with E-state index in [-0.39, 0.29) is 0 Å². The Kier molecular flexibility index (Phi) is 4.13. The summed E-state index contributed by atoms with van der Waals surface area (Å²) in [6, 6.07) is 9.34. The van der Waals surface area contributed by atoms with Gasteiger partial charge >= 0.3 is 0 Å². The molecular weight excluding hydrogens is 335 g/mol. The average molecular weight is 344 g/mol. The van der Waals surface area contributed by atoms with E-state index in [0.717, 1.165) is 21.5 Å². The Hall–Kier alpha value is -0.870. The van der Waals surface area contributed by atoms with Crippen molar-refractivity contribution >= 4 is 57.6 Å². The van der Waals surface area contributed by atoms with Crippen molar-refractivity contribution in [1.82, 2.24) is 9.97 Å². The monoisotopic (exact) mass is 342 g/mol. The van der Waals surface area contributed by atoms with E-state index >= 15 is 0 Å². The van der Waals surface area contributed by atoms with Crippen LogP contribution in [0.15, 0.2) is 41.6 Å². The van der Waals surface area contributed by atoms with Gasteiger partial charge < -0.3 is 4.98 Å². The number of nitrogens with one attached hydrogen (secondary N) is 1. The predicted molar refractivity (Wildman–Crippen MR) is 87.1 cm³/mol. The van der Waals surface area contributed by atoms with Gasteiger partial charge in [0, 0.05) is 20.7 Å². The highest BCUT2D eigenvalue weighted by Gasteiger charge is 2.09. The first kappa shape index (κ1) is 14.1. The Morgan fingerprint density at radius 1 is 1.05 bits per heavy atom. The lowest BCUT2D eigenvalue weighted by Crippen LogP contribution is -1.85. The van der Waals surface area contributed by atoms with Crippen LogP contribution in [-0.4, -0.2) is 9.97 Å². The van der Waals surface area contributed by atoms with Gasteiger partial charge in [-0.05, 0) is 29.8 Å². The van der Waals surface area contributed by atoms with Crippen molar-refractivity contribution < 1.29 is 0 Å². The van der Waals surface area contributed by atoms with Gasteiger partial charge in [0.25, 0.3) is 0 Å². The predicted octanol–water partition coefficient (Wildman–Crippen LogP) is 5.82. The zero-order chi connectivity index (χ0) is 14.1. The summed E-state index contributed by atoms with van der Waals surface area (Å²) >= 11 is 20.2. The summed E-state index contributed by atoms with van der Waals surface area (Å²) in [6.45, 7) is 0. The van der Waals surface area contributed by atoms with Crippen LogP contribution >= 0.6 is 46.6 Å². The number of halogens is 3. The molecule has 1 heterocycles. The zero-order valence-corrected chi connectivity index (χ0v) is 13.2. The molecule has 6 heteroatoms. The van der Waals surface area contributed by atoms with Gasteiger partial charge in [0.05, 0.1) is 22.4 Å². The van der Waals surface area contributed by atoms with Gasteiger partial charge in [0.15, 0.2) is 0 Å². The van der Waals surface area contributed by atoms with Crippen molar-refractivity contribution in [3.63, 3.8) is 0 Å². The molecular formula is C14H9Cl3N2S. The van der Waals surface area contributed by atoms with Gasteiger partial charge in [0.2, 0.25) is 0 Å². The maximum absolute atomic E-state index is 6.27. The van der Waals surface area contributed by atoms with Crippen molar-refractivity contribution in [2.75, 3.05) is 0 Å². The average Bonchev–Trinajstić information content (AvgIpc) is 2.85. The maximum Gasteiger partial charge on any atom is 0.0931 e. The molecule has 0 fully saturated rings. The van der Waals surface area contributed by atoms with Gasteiger partial charge in [-0.2, -0.15) is 0 Å². The zero-order valence-electron chi connectivity index (χ0n) is 10.2. The highest BCUT2D eigenvalue weighted by Crippen LogP contribution is 2.35. The van der Waals surface area contributed by atoms with Gasteiger partial charge in [-0.3, -0.25) is 0 Å². The highest BCUT2D eigenvalue weighted by molar-refractivity contribution is 7.98. The van der Waals surface area contributed by atoms with Crippen LogP contribution in [0.25, 0.3) is 11.0 Å². The maximum atomic E-state index is 6.27. The van der Waals surface area contributed by atoms with Crippen LogP contribution in [0.4, 0.5) is 0 Å². The third-order valence-corrected chi connectivity index (χ3v) is 5.12. The van der Waals surface area contributed by atoms with Gasteiger partial charge in [0.1, 0.15) is 0 Å². The van der Waals surface area contributed by atoms with Crippen molar-refractivity contribution in [2.24, 2.45) is 0 Å². The second kappa shape index (κ2) is 5.86. The number of nitrogens with zero attached hydrogens (tertiary/aromatic N) is 1. The number of rotatable bonds is 3. The normalized spacial score (nSPS) is 11.2. The summed E-state index contributed by atoms with van der Waals surface area (Å²) in [6.07, 6.45) is 1.65. The molecule has 0 aliphatic carbocycles. The number of hydrogen-bond acceptors (Lipinski definition) is 2. The minimum absolute atomic E-state index is 0.661. The van der Waals surface area contributed by atoms with Crippen molar-refractivity contribution in [1.29, 1.82) is 0 Å². The van der Waals surface area contributed by atoms with Crippen LogP contribution in [0.2, 0.25) is 15.1 Å². The Morgan fingerprint density at radius 2 is 1.80 bits per heavy atom. The number of hydrogen-bond donors (Lipinski definition) is 1. The van der Waals surface area contributed by atoms with E-state index in [0.29, 0.717) is 20.8 Å². The Labute approximate surface area is 135 Å². The smallest absolute Gasteiger partial charge is 0.0931 e. The van der Waals surface area contributed by atoms with Crippen molar-refractivity contribution in [3.8, 4) is 0 Å². The summed E-state index contributed by atoms with van der Waals surface area (Å²) < 4.78 is 0. The molecule has 0 atom stereocenters. The van der Waals surface area contributed by atoms with Gasteiger partial charge in [-0.15, -0.1) is 11.8 Å². The van der Waals surface area contributed by atoms with Crippen LogP contribution in [0, 0.1) is 0 Å². The largest absolute Gasteiger partial charge is 0.345 e. The number of aromatic amines is 1. The quantitative estimate of drug-likeness (QED) is 0.607. The van der Waals surface area contributed by atoms with E-state index in [9.17, 15) is 0 Å². The molecule has 0 amide bonds. The molecule has 0 saturated carbocycles. The molecule has 0 radical (unpaired) electrons. The standard InChI is InChI=1S/C14H9Cl3N2S/c15-9-2-1-3-10(16)8(9)6-20-14-5-13-12(4-11(14)17)18-7-19-13/h1-5,7H,6H2,(H,18,19). The van der Waals surface area contributed by atoms with Crippen LogP contribution in [0.1, 0.15) is 5.56 Å². The van der Waals surface area contributed by atoms with Crippen LogP contribution in [0.5, 0.6) is 0 Å². The number of thioether (sulfide) groups is 1. The van der Waals surface area contributed by atoms with Crippen molar-refractivity contribution in [2.45, 2.75) is 10.6 Å². The first-order valence-corrected chi connectivity index (χ1v) is 7.95. The highest BCUT2D eigenvalue weighted by atomic mass is 35.5. The summed E-state index contributed by atoms with van der Waals surface area (Å²) in [5, 5.41) is 2.03. The van der Waals surface area contributed by atoms with Gasteiger partial charge in [-0.1, -0.05) is 40.9 Å². The molecule has 1 aromatic heterocycles. The lowest BCUT2D eigenvalue weighted by Gasteiger charge is -2.08. The fraction of sp³-hybridized carbons (Fsp3) is 0.0714. The molecule has 2 nitrogen and oxygen atoms in total. The molecule has 102 valence electrons. The second-order valence-electron chi connectivity index (χ2n) is 4.19. The Morgan fingerprint density at radius 3 is 2.55 bits per heavy atom. The molecule has 3 aromatic rings. The van der Waals surface area contributed by atoms with E-state index in [1.807, 2.05) is 30.3 Å². The third-order valence-electron chi connectivity index (χ3n) is 2.91. The van der Waals surface area contributed by atoms with E-state index in [1.54, 1.807) is 18.1 Å². The van der Waals surface area contributed by atoms with E-state index in [1.165, 1.54) is 0 Å². The minimum atomic E-state index is 0.661. The molecule has 0 aliphatic heterocycles. The molecule has 0 bridgehead atoms. The minimum Gasteiger partial charge on any atom is -0.345 e. The summed E-state index contributed by atoms with van der Waals surface area (Å²) in [4.78, 5) is 8.22. The van der Waals surface area contributed by atoms with Gasteiger partial charge in [-0.25, -0.2) is 4.98 Å². The number of aromatic nitrogens is 2. The van der Waals surface area contributed by atoms with E-state index < -0.39 is 0 Å². The van der Waals surface area contributed by atoms with E-state index in [2.05, 4.69) is 9.97 Å². The molecule has 0 spiro atoms. The number of H-pyrrole nitrogens is 1. The lowest BCUT2D eigenvalue weighted by atomic mass is 10.2. The summed E-state index contributed by atoms with van der Waals surface area (Å²) in [5.74, 6) is 0.661. The Balaban J connectivity index is 1.88. The summed E-state index contributed by atoms with van der Waals surface area (Å²) in [5.41, 5.74) is 2.73. The fourth-order valence-corrected chi connectivity index (χ4v) is 3.89. The molecule has 0 saturated heterocycles. The topological polar surface area (TPSA) is 28.7 Å². The molecule has 3 rings (SSSR count). The SMILES string of the molecule is Clc1cc2[nH]cnc2cc1SCc1c(Cl)cccc1Cl. The lowest BCUT2D eigenvalue weighted by molar-refractivity contribution is 1.34. The molecule has 0 aliphatic rings.